The van der Waals surface area contributed by atoms with Crippen LogP contribution in [0.25, 0.3) is 0 Å². The van der Waals surface area contributed by atoms with E-state index in [-0.39, 0.29) is 24.4 Å². The fourth-order valence-electron chi connectivity index (χ4n) is 3.73. The standard InChI is InChI=1S/C20H29N3O3/c24-19(16-21-20(25)17-6-2-1-3-7-17)23-10-5-4-8-18(23)9-11-22-12-14-26-15-13-22/h1-3,6-7,18H,4-5,8-16H2,(H,21,25). The number of piperidine rings is 1. The van der Waals surface area contributed by atoms with Crippen LogP contribution in [0.1, 0.15) is 36.0 Å². The van der Waals surface area contributed by atoms with Crippen molar-refractivity contribution in [3.8, 4) is 0 Å². The molecule has 6 nitrogen and oxygen atoms in total. The summed E-state index contributed by atoms with van der Waals surface area (Å²) >= 11 is 0. The van der Waals surface area contributed by atoms with Gasteiger partial charge in [-0.1, -0.05) is 18.2 Å². The second-order valence-corrected chi connectivity index (χ2v) is 7.03. The van der Waals surface area contributed by atoms with Crippen molar-refractivity contribution in [2.45, 2.75) is 31.7 Å². The van der Waals surface area contributed by atoms with Crippen LogP contribution < -0.4 is 5.32 Å². The summed E-state index contributed by atoms with van der Waals surface area (Å²) in [6.07, 6.45) is 4.28. The highest BCUT2D eigenvalue weighted by atomic mass is 16.5. The van der Waals surface area contributed by atoms with E-state index >= 15 is 0 Å². The largest absolute Gasteiger partial charge is 0.379 e. The fraction of sp³-hybridized carbons (Fsp3) is 0.600. The Bertz CT molecular complexity index is 587. The van der Waals surface area contributed by atoms with Crippen LogP contribution in [0, 0.1) is 0 Å². The summed E-state index contributed by atoms with van der Waals surface area (Å²) in [5, 5.41) is 2.76. The van der Waals surface area contributed by atoms with Gasteiger partial charge in [0.25, 0.3) is 5.91 Å². The minimum Gasteiger partial charge on any atom is -0.379 e. The maximum atomic E-state index is 12.7. The molecule has 0 bridgehead atoms. The molecule has 0 radical (unpaired) electrons. The molecular formula is C20H29N3O3. The molecule has 1 unspecified atom stereocenters. The number of hydrogen-bond acceptors (Lipinski definition) is 4. The Kier molecular flexibility index (Phi) is 7.03. The minimum atomic E-state index is -0.194. The zero-order valence-electron chi connectivity index (χ0n) is 15.4. The third-order valence-corrected chi connectivity index (χ3v) is 5.27. The first-order valence-electron chi connectivity index (χ1n) is 9.67. The number of carbonyl (C=O) groups is 2. The second kappa shape index (κ2) is 9.69. The third-order valence-electron chi connectivity index (χ3n) is 5.27. The van der Waals surface area contributed by atoms with Gasteiger partial charge in [0.1, 0.15) is 0 Å². The van der Waals surface area contributed by atoms with E-state index in [0.717, 1.165) is 58.7 Å². The van der Waals surface area contributed by atoms with E-state index in [4.69, 9.17) is 4.74 Å². The van der Waals surface area contributed by atoms with Gasteiger partial charge in [0, 0.05) is 37.8 Å². The molecule has 142 valence electrons. The summed E-state index contributed by atoms with van der Waals surface area (Å²) in [6.45, 7) is 5.45. The molecule has 0 saturated carbocycles. The van der Waals surface area contributed by atoms with E-state index in [1.165, 1.54) is 6.42 Å². The first-order valence-corrected chi connectivity index (χ1v) is 9.67. The number of carbonyl (C=O) groups excluding carboxylic acids is 2. The van der Waals surface area contributed by atoms with E-state index in [2.05, 4.69) is 10.2 Å². The molecule has 0 aromatic heterocycles. The first kappa shape index (κ1) is 18.9. The van der Waals surface area contributed by atoms with Gasteiger partial charge in [-0.05, 0) is 37.8 Å². The number of morpholine rings is 1. The van der Waals surface area contributed by atoms with Crippen LogP contribution in [-0.2, 0) is 9.53 Å². The highest BCUT2D eigenvalue weighted by Gasteiger charge is 2.27. The first-order chi connectivity index (χ1) is 12.7. The number of likely N-dealkylation sites (tertiary alicyclic amines) is 1. The van der Waals surface area contributed by atoms with Gasteiger partial charge in [0.15, 0.2) is 0 Å². The van der Waals surface area contributed by atoms with Gasteiger partial charge in [-0.25, -0.2) is 0 Å². The monoisotopic (exact) mass is 359 g/mol. The average molecular weight is 359 g/mol. The summed E-state index contributed by atoms with van der Waals surface area (Å²) in [6, 6.07) is 9.31. The van der Waals surface area contributed by atoms with Crippen molar-refractivity contribution in [1.29, 1.82) is 0 Å². The Labute approximate surface area is 155 Å². The Balaban J connectivity index is 1.48. The quantitative estimate of drug-likeness (QED) is 0.837. The molecule has 0 aliphatic carbocycles. The molecule has 2 saturated heterocycles. The molecular weight excluding hydrogens is 330 g/mol. The Morgan fingerprint density at radius 1 is 1.08 bits per heavy atom. The van der Waals surface area contributed by atoms with Crippen molar-refractivity contribution in [3.63, 3.8) is 0 Å². The highest BCUT2D eigenvalue weighted by molar-refractivity contribution is 5.96. The lowest BCUT2D eigenvalue weighted by atomic mass is 9.99. The number of nitrogens with one attached hydrogen (secondary N) is 1. The van der Waals surface area contributed by atoms with Crippen molar-refractivity contribution < 1.29 is 14.3 Å². The van der Waals surface area contributed by atoms with Crippen molar-refractivity contribution in [2.24, 2.45) is 0 Å². The molecule has 3 rings (SSSR count). The topological polar surface area (TPSA) is 61.9 Å². The Hall–Kier alpha value is -1.92. The van der Waals surface area contributed by atoms with E-state index in [9.17, 15) is 9.59 Å². The summed E-state index contributed by atoms with van der Waals surface area (Å²) in [7, 11) is 0. The van der Waals surface area contributed by atoms with Gasteiger partial charge in [-0.2, -0.15) is 0 Å². The van der Waals surface area contributed by atoms with E-state index in [1.54, 1.807) is 12.1 Å². The molecule has 0 spiro atoms. The van der Waals surface area contributed by atoms with Gasteiger partial charge >= 0.3 is 0 Å². The molecule has 2 amide bonds. The van der Waals surface area contributed by atoms with Crippen LogP contribution in [0.3, 0.4) is 0 Å². The van der Waals surface area contributed by atoms with Crippen LogP contribution in [0.15, 0.2) is 30.3 Å². The van der Waals surface area contributed by atoms with Crippen molar-refractivity contribution in [2.75, 3.05) is 45.9 Å². The van der Waals surface area contributed by atoms with Crippen LogP contribution >= 0.6 is 0 Å². The van der Waals surface area contributed by atoms with Gasteiger partial charge in [-0.15, -0.1) is 0 Å². The number of nitrogens with zero attached hydrogens (tertiary/aromatic N) is 2. The van der Waals surface area contributed by atoms with Crippen molar-refractivity contribution in [1.82, 2.24) is 15.1 Å². The molecule has 2 fully saturated rings. The lowest BCUT2D eigenvalue weighted by Gasteiger charge is -2.37. The summed E-state index contributed by atoms with van der Waals surface area (Å²) in [4.78, 5) is 29.2. The predicted octanol–water partition coefficient (Wildman–Crippen LogP) is 1.52. The molecule has 6 heteroatoms. The molecule has 2 aliphatic heterocycles. The predicted molar refractivity (Wildman–Crippen MR) is 100 cm³/mol. The number of hydrogen-bond donors (Lipinski definition) is 1. The summed E-state index contributed by atoms with van der Waals surface area (Å²) in [5.41, 5.74) is 0.586. The van der Waals surface area contributed by atoms with Crippen LogP contribution in [0.5, 0.6) is 0 Å². The molecule has 26 heavy (non-hydrogen) atoms. The Morgan fingerprint density at radius 3 is 2.62 bits per heavy atom. The fourth-order valence-corrected chi connectivity index (χ4v) is 3.73. The Morgan fingerprint density at radius 2 is 1.85 bits per heavy atom. The SMILES string of the molecule is O=C(NCC(=O)N1CCCCC1CCN1CCOCC1)c1ccccc1. The molecule has 1 N–H and O–H groups in total. The number of ether oxygens (including phenoxy) is 1. The van der Waals surface area contributed by atoms with Crippen molar-refractivity contribution >= 4 is 11.8 Å². The number of benzene rings is 1. The molecule has 1 aromatic carbocycles. The van der Waals surface area contributed by atoms with E-state index in [1.807, 2.05) is 23.1 Å². The number of amides is 2. The third kappa shape index (κ3) is 5.29. The average Bonchev–Trinajstić information content (AvgIpc) is 2.72. The maximum Gasteiger partial charge on any atom is 0.251 e. The van der Waals surface area contributed by atoms with Crippen LogP contribution in [0.4, 0.5) is 0 Å². The van der Waals surface area contributed by atoms with Gasteiger partial charge in [0.05, 0.1) is 19.8 Å². The smallest absolute Gasteiger partial charge is 0.251 e. The van der Waals surface area contributed by atoms with Crippen LogP contribution in [0.2, 0.25) is 0 Å². The van der Waals surface area contributed by atoms with Crippen LogP contribution in [-0.4, -0.2) is 73.6 Å². The van der Waals surface area contributed by atoms with Crippen molar-refractivity contribution in [3.05, 3.63) is 35.9 Å². The highest BCUT2D eigenvalue weighted by Crippen LogP contribution is 2.20. The normalized spacial score (nSPS) is 21.4. The molecule has 1 atom stereocenters. The zero-order chi connectivity index (χ0) is 18.2. The minimum absolute atomic E-state index is 0.0287. The summed E-state index contributed by atoms with van der Waals surface area (Å²) in [5.74, 6) is -0.165. The second-order valence-electron chi connectivity index (χ2n) is 7.03. The lowest BCUT2D eigenvalue weighted by molar-refractivity contribution is -0.134. The van der Waals surface area contributed by atoms with Gasteiger partial charge in [0.2, 0.25) is 5.91 Å². The summed E-state index contributed by atoms with van der Waals surface area (Å²) < 4.78 is 5.40. The molecule has 1 aromatic rings. The maximum absolute atomic E-state index is 12.7. The molecule has 2 heterocycles. The van der Waals surface area contributed by atoms with Gasteiger partial charge in [-0.3, -0.25) is 14.5 Å². The zero-order valence-corrected chi connectivity index (χ0v) is 15.4. The lowest BCUT2D eigenvalue weighted by Crippen LogP contribution is -2.49. The number of rotatable bonds is 6. The molecule has 2 aliphatic rings. The van der Waals surface area contributed by atoms with E-state index < -0.39 is 0 Å². The van der Waals surface area contributed by atoms with E-state index in [0.29, 0.717) is 5.56 Å². The van der Waals surface area contributed by atoms with Gasteiger partial charge < -0.3 is 15.0 Å².